The fourth-order valence-corrected chi connectivity index (χ4v) is 2.28. The third-order valence-corrected chi connectivity index (χ3v) is 3.42. The molecule has 1 aromatic heterocycles. The quantitative estimate of drug-likeness (QED) is 0.912. The summed E-state index contributed by atoms with van der Waals surface area (Å²) in [6.45, 7) is 3.41. The summed E-state index contributed by atoms with van der Waals surface area (Å²) in [5.74, 6) is 2.03. The molecule has 5 heteroatoms. The monoisotopic (exact) mass is 259 g/mol. The molecule has 19 heavy (non-hydrogen) atoms. The van der Waals surface area contributed by atoms with Gasteiger partial charge in [0.25, 0.3) is 0 Å². The average Bonchev–Trinajstić information content (AvgIpc) is 3.07. The van der Waals surface area contributed by atoms with Crippen molar-refractivity contribution < 1.29 is 9.26 Å². The molecule has 0 saturated carbocycles. The van der Waals surface area contributed by atoms with E-state index in [1.54, 1.807) is 0 Å². The third-order valence-electron chi connectivity index (χ3n) is 3.42. The Hall–Kier alpha value is -1.88. The Morgan fingerprint density at radius 1 is 1.37 bits per heavy atom. The summed E-state index contributed by atoms with van der Waals surface area (Å²) in [5.41, 5.74) is -0.183. The first kappa shape index (κ1) is 12.2. The molecule has 1 saturated heterocycles. The van der Waals surface area contributed by atoms with Crippen LogP contribution < -0.4 is 10.1 Å². The topological polar surface area (TPSA) is 60.2 Å². The lowest BCUT2D eigenvalue weighted by Gasteiger charge is -2.18. The second-order valence-corrected chi connectivity index (χ2v) is 4.98. The van der Waals surface area contributed by atoms with E-state index in [9.17, 15) is 0 Å². The van der Waals surface area contributed by atoms with Crippen molar-refractivity contribution in [3.8, 4) is 5.75 Å². The van der Waals surface area contributed by atoms with Crippen molar-refractivity contribution in [2.24, 2.45) is 0 Å². The molecule has 0 aliphatic carbocycles. The maximum absolute atomic E-state index is 5.60. The van der Waals surface area contributed by atoms with Crippen LogP contribution in [0.3, 0.4) is 0 Å². The molecular formula is C14H17N3O2. The minimum atomic E-state index is -0.183. The van der Waals surface area contributed by atoms with Crippen molar-refractivity contribution in [1.82, 2.24) is 15.5 Å². The zero-order valence-corrected chi connectivity index (χ0v) is 10.9. The second-order valence-electron chi connectivity index (χ2n) is 4.98. The lowest BCUT2D eigenvalue weighted by molar-refractivity contribution is 0.264. The van der Waals surface area contributed by atoms with Gasteiger partial charge in [0.05, 0.1) is 5.54 Å². The first-order valence-electron chi connectivity index (χ1n) is 6.52. The average molecular weight is 259 g/mol. The standard InChI is InChI=1S/C14H17N3O2/c1-14(8-5-9-15-14)13-16-12(17-19-13)10-18-11-6-3-2-4-7-11/h2-4,6-7,15H,5,8-10H2,1H3. The molecule has 1 aliphatic rings. The normalized spacial score (nSPS) is 22.6. The van der Waals surface area contributed by atoms with Gasteiger partial charge in [-0.3, -0.25) is 0 Å². The SMILES string of the molecule is CC1(c2nc(COc3ccccc3)no2)CCCN1. The second kappa shape index (κ2) is 5.01. The van der Waals surface area contributed by atoms with Gasteiger partial charge in [-0.1, -0.05) is 23.4 Å². The Labute approximate surface area is 112 Å². The van der Waals surface area contributed by atoms with Crippen LogP contribution in [0.2, 0.25) is 0 Å². The number of benzene rings is 1. The van der Waals surface area contributed by atoms with Crippen LogP contribution in [0.4, 0.5) is 0 Å². The van der Waals surface area contributed by atoms with Crippen LogP contribution in [0, 0.1) is 0 Å². The molecule has 0 radical (unpaired) electrons. The number of rotatable bonds is 4. The molecule has 3 rings (SSSR count). The zero-order chi connectivity index (χ0) is 13.1. The Kier molecular flexibility index (Phi) is 3.21. The summed E-state index contributed by atoms with van der Waals surface area (Å²) in [5, 5.41) is 7.37. The molecule has 2 heterocycles. The molecule has 0 amide bonds. The van der Waals surface area contributed by atoms with E-state index in [1.165, 1.54) is 0 Å². The summed E-state index contributed by atoms with van der Waals surface area (Å²) in [6, 6.07) is 9.62. The van der Waals surface area contributed by atoms with Gasteiger partial charge in [-0.05, 0) is 38.4 Å². The number of nitrogens with zero attached hydrogens (tertiary/aromatic N) is 2. The van der Waals surface area contributed by atoms with Gasteiger partial charge in [-0.15, -0.1) is 0 Å². The van der Waals surface area contributed by atoms with Crippen molar-refractivity contribution in [3.05, 3.63) is 42.0 Å². The highest BCUT2D eigenvalue weighted by Crippen LogP contribution is 2.28. The Morgan fingerprint density at radius 3 is 2.95 bits per heavy atom. The van der Waals surface area contributed by atoms with E-state index in [-0.39, 0.29) is 5.54 Å². The van der Waals surface area contributed by atoms with Crippen molar-refractivity contribution >= 4 is 0 Å². The van der Waals surface area contributed by atoms with E-state index >= 15 is 0 Å². The molecule has 1 N–H and O–H groups in total. The number of nitrogens with one attached hydrogen (secondary N) is 1. The van der Waals surface area contributed by atoms with Crippen LogP contribution >= 0.6 is 0 Å². The fraction of sp³-hybridized carbons (Fsp3) is 0.429. The molecular weight excluding hydrogens is 242 g/mol. The zero-order valence-electron chi connectivity index (χ0n) is 10.9. The predicted octanol–water partition coefficient (Wildman–Crippen LogP) is 2.25. The summed E-state index contributed by atoms with van der Waals surface area (Å²) >= 11 is 0. The number of ether oxygens (including phenoxy) is 1. The van der Waals surface area contributed by atoms with Crippen LogP contribution in [0.1, 0.15) is 31.5 Å². The van der Waals surface area contributed by atoms with Crippen molar-refractivity contribution in [2.75, 3.05) is 6.54 Å². The Bertz CT molecular complexity index is 533. The van der Waals surface area contributed by atoms with Crippen molar-refractivity contribution in [3.63, 3.8) is 0 Å². The molecule has 0 bridgehead atoms. The molecule has 5 nitrogen and oxygen atoms in total. The largest absolute Gasteiger partial charge is 0.485 e. The van der Waals surface area contributed by atoms with Crippen LogP contribution in [0.25, 0.3) is 0 Å². The lowest BCUT2D eigenvalue weighted by atomic mass is 10.0. The van der Waals surface area contributed by atoms with E-state index in [0.717, 1.165) is 25.1 Å². The smallest absolute Gasteiger partial charge is 0.246 e. The number of aromatic nitrogens is 2. The highest BCUT2D eigenvalue weighted by Gasteiger charge is 2.35. The minimum Gasteiger partial charge on any atom is -0.485 e. The van der Waals surface area contributed by atoms with Crippen molar-refractivity contribution in [1.29, 1.82) is 0 Å². The first-order valence-corrected chi connectivity index (χ1v) is 6.52. The molecule has 1 aromatic carbocycles. The third kappa shape index (κ3) is 2.61. The van der Waals surface area contributed by atoms with Gasteiger partial charge in [0, 0.05) is 0 Å². The van der Waals surface area contributed by atoms with Crippen LogP contribution in [0.5, 0.6) is 5.75 Å². The summed E-state index contributed by atoms with van der Waals surface area (Å²) in [4.78, 5) is 4.41. The predicted molar refractivity (Wildman–Crippen MR) is 69.7 cm³/mol. The molecule has 1 unspecified atom stereocenters. The van der Waals surface area contributed by atoms with Gasteiger partial charge in [-0.2, -0.15) is 4.98 Å². The van der Waals surface area contributed by atoms with Gasteiger partial charge in [0.15, 0.2) is 6.61 Å². The highest BCUT2D eigenvalue weighted by atomic mass is 16.5. The molecule has 1 fully saturated rings. The Morgan fingerprint density at radius 2 is 2.21 bits per heavy atom. The minimum absolute atomic E-state index is 0.183. The van der Waals surface area contributed by atoms with Crippen LogP contribution in [-0.2, 0) is 12.1 Å². The van der Waals surface area contributed by atoms with E-state index in [0.29, 0.717) is 18.3 Å². The molecule has 100 valence electrons. The van der Waals surface area contributed by atoms with Gasteiger partial charge < -0.3 is 14.6 Å². The van der Waals surface area contributed by atoms with Crippen molar-refractivity contribution in [2.45, 2.75) is 31.9 Å². The first-order chi connectivity index (χ1) is 9.26. The summed E-state index contributed by atoms with van der Waals surface area (Å²) in [7, 11) is 0. The fourth-order valence-electron chi connectivity index (χ4n) is 2.28. The van der Waals surface area contributed by atoms with E-state index in [1.807, 2.05) is 30.3 Å². The number of hydrogen-bond acceptors (Lipinski definition) is 5. The van der Waals surface area contributed by atoms with Crippen LogP contribution in [0.15, 0.2) is 34.9 Å². The van der Waals surface area contributed by atoms with Gasteiger partial charge in [0.1, 0.15) is 5.75 Å². The van der Waals surface area contributed by atoms with E-state index < -0.39 is 0 Å². The molecule has 1 atom stereocenters. The van der Waals surface area contributed by atoms with E-state index in [2.05, 4.69) is 22.4 Å². The van der Waals surface area contributed by atoms with Gasteiger partial charge in [0.2, 0.25) is 11.7 Å². The number of para-hydroxylation sites is 1. The highest BCUT2D eigenvalue weighted by molar-refractivity contribution is 5.21. The number of hydrogen-bond donors (Lipinski definition) is 1. The van der Waals surface area contributed by atoms with Gasteiger partial charge >= 0.3 is 0 Å². The maximum Gasteiger partial charge on any atom is 0.246 e. The maximum atomic E-state index is 5.60. The Balaban J connectivity index is 1.65. The van der Waals surface area contributed by atoms with E-state index in [4.69, 9.17) is 9.26 Å². The summed E-state index contributed by atoms with van der Waals surface area (Å²) < 4.78 is 10.9. The molecule has 2 aromatic rings. The molecule has 1 aliphatic heterocycles. The lowest BCUT2D eigenvalue weighted by Crippen LogP contribution is -2.33. The van der Waals surface area contributed by atoms with Crippen LogP contribution in [-0.4, -0.2) is 16.7 Å². The van der Waals surface area contributed by atoms with Gasteiger partial charge in [-0.25, -0.2) is 0 Å². The summed E-state index contributed by atoms with van der Waals surface area (Å²) in [6.07, 6.45) is 2.16. The molecule has 0 spiro atoms.